The fourth-order valence-corrected chi connectivity index (χ4v) is 3.49. The SMILES string of the molecule is CC(=O)CCCCCCCCCCC(=O)CC[C@@H](O)[C@@H](C)NC(=O)OCc1ccccc1. The van der Waals surface area contributed by atoms with Gasteiger partial charge in [0.15, 0.2) is 0 Å². The zero-order valence-electron chi connectivity index (χ0n) is 19.8. The Labute approximate surface area is 193 Å². The number of alkyl carbamates (subject to hydrolysis) is 1. The van der Waals surface area contributed by atoms with Gasteiger partial charge in [0.1, 0.15) is 18.2 Å². The Morgan fingerprint density at radius 1 is 0.875 bits per heavy atom. The Kier molecular flexibility index (Phi) is 15.1. The summed E-state index contributed by atoms with van der Waals surface area (Å²) in [6.45, 7) is 3.52. The Balaban J connectivity index is 2.01. The van der Waals surface area contributed by atoms with Gasteiger partial charge in [-0.15, -0.1) is 0 Å². The van der Waals surface area contributed by atoms with Crippen molar-refractivity contribution in [3.8, 4) is 0 Å². The molecule has 0 radical (unpaired) electrons. The quantitative estimate of drug-likeness (QED) is 0.290. The lowest BCUT2D eigenvalue weighted by Crippen LogP contribution is -2.41. The molecule has 0 aliphatic rings. The number of ether oxygens (including phenoxy) is 1. The average molecular weight is 448 g/mol. The van der Waals surface area contributed by atoms with Gasteiger partial charge in [0, 0.05) is 19.3 Å². The Morgan fingerprint density at radius 3 is 2.03 bits per heavy atom. The summed E-state index contributed by atoms with van der Waals surface area (Å²) in [6.07, 6.45) is 9.27. The smallest absolute Gasteiger partial charge is 0.407 e. The number of unbranched alkanes of at least 4 members (excludes halogenated alkanes) is 7. The number of amides is 1. The number of hydrogen-bond acceptors (Lipinski definition) is 5. The van der Waals surface area contributed by atoms with Crippen LogP contribution in [0.5, 0.6) is 0 Å². The van der Waals surface area contributed by atoms with Crippen LogP contribution < -0.4 is 5.32 Å². The molecule has 0 saturated heterocycles. The molecule has 6 nitrogen and oxygen atoms in total. The van der Waals surface area contributed by atoms with Crippen LogP contribution in [0.2, 0.25) is 0 Å². The van der Waals surface area contributed by atoms with Crippen LogP contribution in [0.4, 0.5) is 4.79 Å². The van der Waals surface area contributed by atoms with Crippen molar-refractivity contribution in [2.75, 3.05) is 0 Å². The van der Waals surface area contributed by atoms with Crippen LogP contribution in [0, 0.1) is 0 Å². The first-order chi connectivity index (χ1) is 15.4. The van der Waals surface area contributed by atoms with E-state index in [9.17, 15) is 19.5 Å². The maximum absolute atomic E-state index is 12.1. The summed E-state index contributed by atoms with van der Waals surface area (Å²) in [5, 5.41) is 12.8. The molecule has 1 rings (SSSR count). The van der Waals surface area contributed by atoms with Gasteiger partial charge in [0.25, 0.3) is 0 Å². The van der Waals surface area contributed by atoms with Crippen molar-refractivity contribution < 1.29 is 24.2 Å². The van der Waals surface area contributed by atoms with E-state index in [1.807, 2.05) is 30.3 Å². The van der Waals surface area contributed by atoms with E-state index < -0.39 is 18.2 Å². The standard InChI is InChI=1S/C26H41NO5/c1-21(28)14-10-7-5-3-4-6-8-13-17-24(29)18-19-25(30)22(2)27-26(31)32-20-23-15-11-9-12-16-23/h9,11-12,15-16,22,25,30H,3-8,10,13-14,17-20H2,1-2H3,(H,27,31)/t22-,25-/m1/s1. The third-order valence-corrected chi connectivity index (χ3v) is 5.59. The highest BCUT2D eigenvalue weighted by Crippen LogP contribution is 2.12. The average Bonchev–Trinajstić information content (AvgIpc) is 2.77. The fourth-order valence-electron chi connectivity index (χ4n) is 3.49. The second kappa shape index (κ2) is 17.4. The van der Waals surface area contributed by atoms with Crippen LogP contribution in [0.1, 0.15) is 96.5 Å². The second-order valence-corrected chi connectivity index (χ2v) is 8.67. The summed E-state index contributed by atoms with van der Waals surface area (Å²) >= 11 is 0. The molecule has 0 fully saturated rings. The molecule has 0 unspecified atom stereocenters. The maximum atomic E-state index is 12.1. The van der Waals surface area contributed by atoms with Gasteiger partial charge >= 0.3 is 6.09 Å². The number of carbonyl (C=O) groups excluding carboxylic acids is 3. The lowest BCUT2D eigenvalue weighted by Gasteiger charge is -2.19. The lowest BCUT2D eigenvalue weighted by atomic mass is 10.0. The van der Waals surface area contributed by atoms with Crippen molar-refractivity contribution in [3.05, 3.63) is 35.9 Å². The fraction of sp³-hybridized carbons (Fsp3) is 0.654. The molecule has 0 heterocycles. The van der Waals surface area contributed by atoms with Crippen LogP contribution in [-0.2, 0) is 20.9 Å². The minimum absolute atomic E-state index is 0.159. The minimum atomic E-state index is -0.786. The third kappa shape index (κ3) is 14.7. The maximum Gasteiger partial charge on any atom is 0.407 e. The first-order valence-corrected chi connectivity index (χ1v) is 12.0. The van der Waals surface area contributed by atoms with Crippen LogP contribution in [0.25, 0.3) is 0 Å². The monoisotopic (exact) mass is 447 g/mol. The Bertz CT molecular complexity index is 661. The minimum Gasteiger partial charge on any atom is -0.445 e. The number of carbonyl (C=O) groups is 3. The first-order valence-electron chi connectivity index (χ1n) is 12.0. The van der Waals surface area contributed by atoms with Gasteiger partial charge in [-0.1, -0.05) is 68.9 Å². The highest BCUT2D eigenvalue weighted by Gasteiger charge is 2.18. The molecule has 0 spiro atoms. The second-order valence-electron chi connectivity index (χ2n) is 8.67. The van der Waals surface area contributed by atoms with E-state index in [0.29, 0.717) is 25.7 Å². The van der Waals surface area contributed by atoms with E-state index in [0.717, 1.165) is 37.7 Å². The molecular weight excluding hydrogens is 406 g/mol. The van der Waals surface area contributed by atoms with Gasteiger partial charge in [-0.05, 0) is 38.7 Å². The summed E-state index contributed by atoms with van der Waals surface area (Å²) in [7, 11) is 0. The molecule has 32 heavy (non-hydrogen) atoms. The van der Waals surface area contributed by atoms with Gasteiger partial charge in [-0.3, -0.25) is 4.79 Å². The molecule has 6 heteroatoms. The Hall–Kier alpha value is -2.21. The summed E-state index contributed by atoms with van der Waals surface area (Å²) in [6, 6.07) is 8.90. The summed E-state index contributed by atoms with van der Waals surface area (Å²) in [5.41, 5.74) is 0.895. The van der Waals surface area contributed by atoms with Crippen molar-refractivity contribution in [3.63, 3.8) is 0 Å². The van der Waals surface area contributed by atoms with Crippen molar-refractivity contribution >= 4 is 17.7 Å². The lowest BCUT2D eigenvalue weighted by molar-refractivity contribution is -0.120. The van der Waals surface area contributed by atoms with Crippen molar-refractivity contribution in [2.45, 2.75) is 110 Å². The molecule has 0 aromatic heterocycles. The van der Waals surface area contributed by atoms with Crippen LogP contribution >= 0.6 is 0 Å². The predicted molar refractivity (Wildman–Crippen MR) is 126 cm³/mol. The zero-order valence-corrected chi connectivity index (χ0v) is 19.8. The predicted octanol–water partition coefficient (Wildman–Crippen LogP) is 5.50. The molecule has 2 atom stereocenters. The number of hydrogen-bond donors (Lipinski definition) is 2. The highest BCUT2D eigenvalue weighted by atomic mass is 16.5. The van der Waals surface area contributed by atoms with Gasteiger partial charge in [0.05, 0.1) is 12.1 Å². The van der Waals surface area contributed by atoms with E-state index in [-0.39, 0.29) is 18.2 Å². The molecule has 0 saturated carbocycles. The number of rotatable bonds is 18. The molecule has 1 aromatic carbocycles. The van der Waals surface area contributed by atoms with Gasteiger partial charge in [-0.2, -0.15) is 0 Å². The van der Waals surface area contributed by atoms with Crippen LogP contribution in [0.15, 0.2) is 30.3 Å². The molecule has 1 amide bonds. The van der Waals surface area contributed by atoms with E-state index in [1.165, 1.54) is 19.3 Å². The first kappa shape index (κ1) is 27.8. The molecule has 0 aliphatic heterocycles. The normalized spacial score (nSPS) is 12.7. The van der Waals surface area contributed by atoms with E-state index >= 15 is 0 Å². The molecule has 180 valence electrons. The number of benzene rings is 1. The summed E-state index contributed by atoms with van der Waals surface area (Å²) in [4.78, 5) is 34.8. The van der Waals surface area contributed by atoms with Gasteiger partial charge in [-0.25, -0.2) is 4.79 Å². The van der Waals surface area contributed by atoms with E-state index in [2.05, 4.69) is 5.32 Å². The van der Waals surface area contributed by atoms with Crippen molar-refractivity contribution in [1.29, 1.82) is 0 Å². The van der Waals surface area contributed by atoms with E-state index in [1.54, 1.807) is 13.8 Å². The number of ketones is 2. The number of nitrogens with one attached hydrogen (secondary N) is 1. The van der Waals surface area contributed by atoms with Gasteiger partial charge < -0.3 is 20.0 Å². The molecule has 1 aromatic rings. The zero-order chi connectivity index (χ0) is 23.6. The topological polar surface area (TPSA) is 92.7 Å². The molecule has 2 N–H and O–H groups in total. The summed E-state index contributed by atoms with van der Waals surface area (Å²) in [5.74, 6) is 0.432. The largest absolute Gasteiger partial charge is 0.445 e. The van der Waals surface area contributed by atoms with Crippen LogP contribution in [0.3, 0.4) is 0 Å². The number of aliphatic hydroxyl groups is 1. The third-order valence-electron chi connectivity index (χ3n) is 5.59. The van der Waals surface area contributed by atoms with E-state index in [4.69, 9.17) is 4.74 Å². The van der Waals surface area contributed by atoms with Crippen LogP contribution in [-0.4, -0.2) is 34.9 Å². The molecule has 0 bridgehead atoms. The van der Waals surface area contributed by atoms with Crippen molar-refractivity contribution in [2.24, 2.45) is 0 Å². The number of Topliss-reactive ketones (excluding diaryl/α,β-unsaturated/α-hetero) is 2. The Morgan fingerprint density at radius 2 is 1.44 bits per heavy atom. The molecular formula is C26H41NO5. The summed E-state index contributed by atoms with van der Waals surface area (Å²) < 4.78 is 5.15. The molecule has 0 aliphatic carbocycles. The number of aliphatic hydroxyl groups excluding tert-OH is 1. The van der Waals surface area contributed by atoms with Crippen molar-refractivity contribution in [1.82, 2.24) is 5.32 Å². The van der Waals surface area contributed by atoms with Gasteiger partial charge in [0.2, 0.25) is 0 Å². The highest BCUT2D eigenvalue weighted by molar-refractivity contribution is 5.78.